The van der Waals surface area contributed by atoms with E-state index < -0.39 is 11.9 Å². The van der Waals surface area contributed by atoms with Crippen molar-refractivity contribution in [2.24, 2.45) is 0 Å². The van der Waals surface area contributed by atoms with Gasteiger partial charge < -0.3 is 15.0 Å². The molecule has 0 fully saturated rings. The molecule has 10 nitrogen and oxygen atoms in total. The van der Waals surface area contributed by atoms with Crippen molar-refractivity contribution in [1.82, 2.24) is 30.8 Å². The molecular weight excluding hydrogens is 422 g/mol. The van der Waals surface area contributed by atoms with E-state index in [1.54, 1.807) is 42.9 Å². The van der Waals surface area contributed by atoms with Crippen molar-refractivity contribution >= 4 is 28.5 Å². The first kappa shape index (κ1) is 20.7. The molecule has 0 aliphatic carbocycles. The van der Waals surface area contributed by atoms with Crippen LogP contribution < -0.4 is 20.4 Å². The van der Waals surface area contributed by atoms with Crippen molar-refractivity contribution in [2.75, 3.05) is 25.6 Å². The number of aromatic nitrogens is 2. The van der Waals surface area contributed by atoms with Gasteiger partial charge in [0.2, 0.25) is 0 Å². The van der Waals surface area contributed by atoms with Crippen molar-refractivity contribution < 1.29 is 14.3 Å². The molecule has 33 heavy (non-hydrogen) atoms. The number of rotatable bonds is 4. The summed E-state index contributed by atoms with van der Waals surface area (Å²) >= 11 is 0. The molecule has 2 amide bonds. The third-order valence-corrected chi connectivity index (χ3v) is 5.63. The van der Waals surface area contributed by atoms with Crippen LogP contribution in [-0.4, -0.2) is 58.7 Å². The summed E-state index contributed by atoms with van der Waals surface area (Å²) in [5.41, 5.74) is 6.37. The average molecular weight is 445 g/mol. The van der Waals surface area contributed by atoms with Crippen LogP contribution in [0.1, 0.15) is 5.56 Å². The van der Waals surface area contributed by atoms with Crippen LogP contribution in [-0.2, 0) is 16.1 Å². The third-order valence-electron chi connectivity index (χ3n) is 5.63. The summed E-state index contributed by atoms with van der Waals surface area (Å²) in [7, 11) is 3.47. The lowest BCUT2D eigenvalue weighted by Crippen LogP contribution is -2.51. The molecule has 5 rings (SSSR count). The van der Waals surface area contributed by atoms with Crippen LogP contribution in [0.25, 0.3) is 11.0 Å². The second-order valence-electron chi connectivity index (χ2n) is 7.86. The fraction of sp³-hybridized carbons (Fsp3) is 0.217. The highest BCUT2D eigenvalue weighted by atomic mass is 16.5. The highest BCUT2D eigenvalue weighted by Gasteiger charge is 2.33. The van der Waals surface area contributed by atoms with E-state index in [0.717, 1.165) is 5.56 Å². The number of carbonyl (C=O) groups excluding carboxylic acids is 2. The van der Waals surface area contributed by atoms with E-state index in [9.17, 15) is 9.59 Å². The van der Waals surface area contributed by atoms with Gasteiger partial charge in [0.25, 0.3) is 11.8 Å². The molecule has 2 aliphatic heterocycles. The topological polar surface area (TPSA) is 103 Å². The lowest BCUT2D eigenvalue weighted by atomic mass is 10.2. The van der Waals surface area contributed by atoms with E-state index in [4.69, 9.17) is 4.74 Å². The lowest BCUT2D eigenvalue weighted by Gasteiger charge is -2.24. The summed E-state index contributed by atoms with van der Waals surface area (Å²) in [5.74, 6) is -0.159. The average Bonchev–Trinajstić information content (AvgIpc) is 3.16. The molecule has 0 spiro atoms. The minimum atomic E-state index is -0.852. The minimum Gasteiger partial charge on any atom is -0.489 e. The summed E-state index contributed by atoms with van der Waals surface area (Å²) in [4.78, 5) is 36.1. The molecule has 2 aliphatic rings. The summed E-state index contributed by atoms with van der Waals surface area (Å²) in [6, 6.07) is 12.6. The van der Waals surface area contributed by atoms with Crippen molar-refractivity contribution in [2.45, 2.75) is 12.6 Å². The summed E-state index contributed by atoms with van der Waals surface area (Å²) < 4.78 is 5.89. The Kier molecular flexibility index (Phi) is 5.27. The van der Waals surface area contributed by atoms with Gasteiger partial charge in [0.05, 0.1) is 23.3 Å². The maximum atomic E-state index is 13.1. The monoisotopic (exact) mass is 445 g/mol. The van der Waals surface area contributed by atoms with E-state index >= 15 is 0 Å². The fourth-order valence-corrected chi connectivity index (χ4v) is 3.83. The number of ether oxygens (including phenoxy) is 1. The zero-order valence-corrected chi connectivity index (χ0v) is 18.2. The van der Waals surface area contributed by atoms with E-state index in [2.05, 4.69) is 20.7 Å². The van der Waals surface area contributed by atoms with Crippen molar-refractivity contribution in [1.29, 1.82) is 0 Å². The van der Waals surface area contributed by atoms with Crippen LogP contribution in [0.3, 0.4) is 0 Å². The van der Waals surface area contributed by atoms with Crippen LogP contribution in [0.4, 0.5) is 5.69 Å². The molecule has 0 unspecified atom stereocenters. The number of hydrogen-bond donors (Lipinski definition) is 2. The summed E-state index contributed by atoms with van der Waals surface area (Å²) in [5, 5.41) is 6.39. The lowest BCUT2D eigenvalue weighted by molar-refractivity contribution is -0.126. The van der Waals surface area contributed by atoms with Gasteiger partial charge in [-0.2, -0.15) is 0 Å². The quantitative estimate of drug-likeness (QED) is 0.617. The molecule has 1 atom stereocenters. The standard InChI is InChI=1S/C23H23N7O3/c1-28-20-10-16-17(25-9-8-24-16)11-21(20)33-14-19(23(28)32)26-22(31)18-13-30(29(2)27-18)12-15-6-4-3-5-7-15/h3-11,13,19,27H,12,14H2,1-2H3,(H,26,31)/t19-/m0/s1. The molecule has 0 bridgehead atoms. The molecule has 2 aromatic carbocycles. The van der Waals surface area contributed by atoms with Gasteiger partial charge in [-0.3, -0.25) is 30.0 Å². The number of fused-ring (bicyclic) bond motifs is 2. The second kappa shape index (κ2) is 8.40. The minimum absolute atomic E-state index is 0.00450. The maximum Gasteiger partial charge on any atom is 0.271 e. The molecule has 10 heteroatoms. The number of benzene rings is 2. The molecular formula is C23H23N7O3. The molecule has 2 N–H and O–H groups in total. The Balaban J connectivity index is 1.31. The van der Waals surface area contributed by atoms with Gasteiger partial charge in [-0.05, 0) is 11.6 Å². The van der Waals surface area contributed by atoms with Gasteiger partial charge in [0.1, 0.15) is 24.1 Å². The van der Waals surface area contributed by atoms with Crippen molar-refractivity contribution in [3.05, 3.63) is 72.3 Å². The Morgan fingerprint density at radius 1 is 1.15 bits per heavy atom. The number of carbonyl (C=O) groups is 2. The predicted octanol–water partition coefficient (Wildman–Crippen LogP) is 1.18. The van der Waals surface area contributed by atoms with Crippen LogP contribution in [0, 0.1) is 0 Å². The number of anilines is 1. The number of hydrogen-bond acceptors (Lipinski definition) is 8. The van der Waals surface area contributed by atoms with Crippen molar-refractivity contribution in [3.63, 3.8) is 0 Å². The highest BCUT2D eigenvalue weighted by Crippen LogP contribution is 2.33. The van der Waals surface area contributed by atoms with Gasteiger partial charge in [0, 0.05) is 38.8 Å². The van der Waals surface area contributed by atoms with E-state index in [1.165, 1.54) is 4.90 Å². The number of hydrazine groups is 2. The predicted molar refractivity (Wildman–Crippen MR) is 121 cm³/mol. The van der Waals surface area contributed by atoms with Gasteiger partial charge >= 0.3 is 0 Å². The summed E-state index contributed by atoms with van der Waals surface area (Å²) in [6.45, 7) is 0.602. The largest absolute Gasteiger partial charge is 0.489 e. The number of likely N-dealkylation sites (N-methyl/N-ethyl adjacent to an activating group) is 1. The first-order valence-corrected chi connectivity index (χ1v) is 10.5. The molecule has 3 aromatic rings. The molecule has 0 radical (unpaired) electrons. The number of nitrogens with one attached hydrogen (secondary N) is 2. The normalized spacial score (nSPS) is 18.3. The van der Waals surface area contributed by atoms with Crippen LogP contribution >= 0.6 is 0 Å². The molecule has 0 saturated carbocycles. The van der Waals surface area contributed by atoms with E-state index in [0.29, 0.717) is 34.7 Å². The Hall–Kier alpha value is -4.18. The molecule has 168 valence electrons. The zero-order valence-electron chi connectivity index (χ0n) is 18.2. The van der Waals surface area contributed by atoms with Crippen LogP contribution in [0.15, 0.2) is 66.8 Å². The Labute approximate surface area is 190 Å². The number of amides is 2. The van der Waals surface area contributed by atoms with E-state index in [-0.39, 0.29) is 12.5 Å². The summed E-state index contributed by atoms with van der Waals surface area (Å²) in [6.07, 6.45) is 4.91. The van der Waals surface area contributed by atoms with Gasteiger partial charge in [-0.25, -0.2) is 0 Å². The number of nitrogens with zero attached hydrogens (tertiary/aromatic N) is 5. The molecule has 1 aromatic heterocycles. The van der Waals surface area contributed by atoms with Gasteiger partial charge in [-0.1, -0.05) is 30.3 Å². The first-order chi connectivity index (χ1) is 16.0. The van der Waals surface area contributed by atoms with Crippen LogP contribution in [0.5, 0.6) is 5.75 Å². The SMILES string of the molecule is CN1C(=O)[C@@H](NC(=O)C2=CN(Cc3ccccc3)N(C)N2)COc2cc3nccnc3cc21. The van der Waals surface area contributed by atoms with Crippen LogP contribution in [0.2, 0.25) is 0 Å². The van der Waals surface area contributed by atoms with Crippen molar-refractivity contribution in [3.8, 4) is 5.75 Å². The zero-order chi connectivity index (χ0) is 22.9. The van der Waals surface area contributed by atoms with Gasteiger partial charge in [-0.15, -0.1) is 5.12 Å². The smallest absolute Gasteiger partial charge is 0.271 e. The highest BCUT2D eigenvalue weighted by molar-refractivity contribution is 6.04. The third kappa shape index (κ3) is 4.03. The Morgan fingerprint density at radius 2 is 1.88 bits per heavy atom. The molecule has 0 saturated heterocycles. The Morgan fingerprint density at radius 3 is 2.64 bits per heavy atom. The van der Waals surface area contributed by atoms with Gasteiger partial charge in [0.15, 0.2) is 0 Å². The molecule has 3 heterocycles. The fourth-order valence-electron chi connectivity index (χ4n) is 3.83. The van der Waals surface area contributed by atoms with E-state index in [1.807, 2.05) is 42.4 Å². The maximum absolute atomic E-state index is 13.1. The first-order valence-electron chi connectivity index (χ1n) is 10.5. The second-order valence-corrected chi connectivity index (χ2v) is 7.86. The Bertz CT molecular complexity index is 1250.